The molecule has 5 atom stereocenters. The number of hydrogen-bond acceptors (Lipinski definition) is 4. The molecule has 0 N–H and O–H groups in total. The number of esters is 1. The summed E-state index contributed by atoms with van der Waals surface area (Å²) >= 11 is 0. The topological polar surface area (TPSA) is 52.6 Å². The minimum atomic E-state index is -0.456. The molecule has 2 rings (SSSR count). The fraction of sp³-hybridized carbons (Fsp3) is 0.789. The maximum Gasteiger partial charge on any atom is 0.317 e. The summed E-state index contributed by atoms with van der Waals surface area (Å²) in [6.07, 6.45) is 5.06. The molecule has 1 saturated carbocycles. The number of rotatable bonds is 4. The van der Waals surface area contributed by atoms with Gasteiger partial charge in [-0.05, 0) is 36.5 Å². The summed E-state index contributed by atoms with van der Waals surface area (Å²) in [4.78, 5) is 24.4. The van der Waals surface area contributed by atoms with E-state index in [1.165, 1.54) is 19.6 Å². The van der Waals surface area contributed by atoms with Crippen molar-refractivity contribution in [3.8, 4) is 0 Å². The van der Waals surface area contributed by atoms with Crippen LogP contribution in [0.25, 0.3) is 0 Å². The first-order valence-electron chi connectivity index (χ1n) is 8.82. The van der Waals surface area contributed by atoms with Crippen molar-refractivity contribution in [3.05, 3.63) is 11.8 Å². The molecule has 23 heavy (non-hydrogen) atoms. The van der Waals surface area contributed by atoms with Crippen LogP contribution in [0.3, 0.4) is 0 Å². The zero-order valence-electron chi connectivity index (χ0n) is 15.0. The second-order valence-corrected chi connectivity index (χ2v) is 7.68. The third-order valence-electron chi connectivity index (χ3n) is 5.42. The molecule has 0 spiro atoms. The molecule has 0 radical (unpaired) electrons. The average Bonchev–Trinajstić information content (AvgIpc) is 2.45. The van der Waals surface area contributed by atoms with Crippen LogP contribution in [0.2, 0.25) is 0 Å². The summed E-state index contributed by atoms with van der Waals surface area (Å²) in [5.41, 5.74) is 0. The molecule has 1 fully saturated rings. The van der Waals surface area contributed by atoms with Gasteiger partial charge in [-0.1, -0.05) is 34.1 Å². The number of methoxy groups -OCH3 is 1. The second kappa shape index (κ2) is 7.50. The van der Waals surface area contributed by atoms with Gasteiger partial charge in [-0.25, -0.2) is 0 Å². The van der Waals surface area contributed by atoms with Gasteiger partial charge in [0.2, 0.25) is 0 Å². The Morgan fingerprint density at radius 3 is 2.57 bits per heavy atom. The molecule has 1 unspecified atom stereocenters. The summed E-state index contributed by atoms with van der Waals surface area (Å²) in [5.74, 6) is 1.21. The molecule has 0 aromatic heterocycles. The fourth-order valence-corrected chi connectivity index (χ4v) is 4.03. The summed E-state index contributed by atoms with van der Waals surface area (Å²) in [6.45, 7) is 8.53. The molecule has 0 saturated heterocycles. The van der Waals surface area contributed by atoms with Crippen LogP contribution < -0.4 is 0 Å². The van der Waals surface area contributed by atoms with Gasteiger partial charge in [0.25, 0.3) is 0 Å². The molecule has 0 aromatic rings. The van der Waals surface area contributed by atoms with E-state index in [1.54, 1.807) is 0 Å². The average molecular weight is 322 g/mol. The maximum atomic E-state index is 12.8. The molecule has 0 amide bonds. The zero-order valence-corrected chi connectivity index (χ0v) is 15.0. The maximum absolute atomic E-state index is 12.8. The zero-order chi connectivity index (χ0) is 17.1. The molecule has 130 valence electrons. The smallest absolute Gasteiger partial charge is 0.317 e. The summed E-state index contributed by atoms with van der Waals surface area (Å²) in [7, 11) is 1.51. The lowest BCUT2D eigenvalue weighted by molar-refractivity contribution is -0.163. The Labute approximate surface area is 139 Å². The van der Waals surface area contributed by atoms with Crippen molar-refractivity contribution in [3.63, 3.8) is 0 Å². The quantitative estimate of drug-likeness (QED) is 0.740. The Balaban J connectivity index is 2.12. The lowest BCUT2D eigenvalue weighted by Crippen LogP contribution is -2.40. The van der Waals surface area contributed by atoms with Crippen LogP contribution in [-0.2, 0) is 19.1 Å². The van der Waals surface area contributed by atoms with Crippen LogP contribution in [0.5, 0.6) is 0 Å². The van der Waals surface area contributed by atoms with Crippen LogP contribution in [0.4, 0.5) is 0 Å². The fourth-order valence-electron chi connectivity index (χ4n) is 4.03. The summed E-state index contributed by atoms with van der Waals surface area (Å²) in [5, 5.41) is 0. The highest BCUT2D eigenvalue weighted by Crippen LogP contribution is 2.37. The van der Waals surface area contributed by atoms with Gasteiger partial charge in [0, 0.05) is 12.5 Å². The number of ketones is 1. The van der Waals surface area contributed by atoms with Crippen molar-refractivity contribution in [2.75, 3.05) is 7.11 Å². The largest absolute Gasteiger partial charge is 0.500 e. The van der Waals surface area contributed by atoms with Gasteiger partial charge in [-0.2, -0.15) is 0 Å². The van der Waals surface area contributed by atoms with E-state index in [1.807, 2.05) is 6.92 Å². The second-order valence-electron chi connectivity index (χ2n) is 7.68. The Morgan fingerprint density at radius 2 is 1.96 bits per heavy atom. The van der Waals surface area contributed by atoms with Crippen LogP contribution >= 0.6 is 0 Å². The molecule has 0 heterocycles. The molecule has 0 aromatic carbocycles. The number of carbonyl (C=O) groups is 2. The molecular formula is C19H30O4. The van der Waals surface area contributed by atoms with E-state index in [-0.39, 0.29) is 23.8 Å². The van der Waals surface area contributed by atoms with E-state index in [4.69, 9.17) is 9.47 Å². The van der Waals surface area contributed by atoms with Gasteiger partial charge in [-0.3, -0.25) is 9.59 Å². The summed E-state index contributed by atoms with van der Waals surface area (Å²) in [6, 6.07) is 0. The minimum absolute atomic E-state index is 0.0183. The predicted octanol–water partition coefficient (Wildman–Crippen LogP) is 3.75. The molecule has 2 aliphatic carbocycles. The van der Waals surface area contributed by atoms with Crippen molar-refractivity contribution in [2.24, 2.45) is 29.6 Å². The monoisotopic (exact) mass is 322 g/mol. The Morgan fingerprint density at radius 1 is 1.26 bits per heavy atom. The number of carbonyl (C=O) groups excluding carboxylic acids is 2. The highest BCUT2D eigenvalue weighted by molar-refractivity contribution is 5.93. The first-order valence-corrected chi connectivity index (χ1v) is 8.82. The molecule has 0 bridgehead atoms. The van der Waals surface area contributed by atoms with Gasteiger partial charge in [-0.15, -0.1) is 0 Å². The first kappa shape index (κ1) is 18.0. The van der Waals surface area contributed by atoms with E-state index < -0.39 is 5.92 Å². The molecular weight excluding hydrogens is 292 g/mol. The van der Waals surface area contributed by atoms with Crippen LogP contribution in [0.1, 0.15) is 53.4 Å². The highest BCUT2D eigenvalue weighted by atomic mass is 16.5. The Hall–Kier alpha value is -1.32. The van der Waals surface area contributed by atoms with Gasteiger partial charge < -0.3 is 9.47 Å². The normalized spacial score (nSPS) is 35.0. The third kappa shape index (κ3) is 4.15. The number of ether oxygens (including phenoxy) is 2. The van der Waals surface area contributed by atoms with Gasteiger partial charge >= 0.3 is 5.97 Å². The standard InChI is InChI=1S/C19H30O4/c1-11(2)15-7-6-12(3)8-16(15)23-19(21)18-13(4)9-14(20)10-17(18)22-5/h10-13,15-16,18H,6-9H2,1-5H3/t12?,13-,15-,16+,18+/m0/s1. The van der Waals surface area contributed by atoms with Gasteiger partial charge in [0.15, 0.2) is 5.78 Å². The predicted molar refractivity (Wildman–Crippen MR) is 88.6 cm³/mol. The van der Waals surface area contributed by atoms with E-state index in [9.17, 15) is 9.59 Å². The van der Waals surface area contributed by atoms with Gasteiger partial charge in [0.05, 0.1) is 7.11 Å². The third-order valence-corrected chi connectivity index (χ3v) is 5.42. The van der Waals surface area contributed by atoms with Crippen LogP contribution in [0, 0.1) is 29.6 Å². The first-order chi connectivity index (χ1) is 10.8. The van der Waals surface area contributed by atoms with Gasteiger partial charge in [0.1, 0.15) is 17.8 Å². The Kier molecular flexibility index (Phi) is 5.88. The minimum Gasteiger partial charge on any atom is -0.500 e. The van der Waals surface area contributed by atoms with Crippen LogP contribution in [0.15, 0.2) is 11.8 Å². The van der Waals surface area contributed by atoms with Crippen molar-refractivity contribution in [1.82, 2.24) is 0 Å². The highest BCUT2D eigenvalue weighted by Gasteiger charge is 2.40. The number of hydrogen-bond donors (Lipinski definition) is 0. The van der Waals surface area contributed by atoms with Crippen molar-refractivity contribution >= 4 is 11.8 Å². The molecule has 4 heteroatoms. The Bertz CT molecular complexity index is 480. The molecule has 0 aliphatic heterocycles. The van der Waals surface area contributed by atoms with E-state index in [2.05, 4.69) is 20.8 Å². The van der Waals surface area contributed by atoms with Crippen molar-refractivity contribution < 1.29 is 19.1 Å². The number of allylic oxidation sites excluding steroid dienone is 1. The van der Waals surface area contributed by atoms with Crippen molar-refractivity contribution in [1.29, 1.82) is 0 Å². The van der Waals surface area contributed by atoms with Crippen LogP contribution in [-0.4, -0.2) is 25.0 Å². The summed E-state index contributed by atoms with van der Waals surface area (Å²) < 4.78 is 11.2. The SMILES string of the molecule is COC1=CC(=O)C[C@H](C)[C@H]1C(=O)O[C@@H]1CC(C)CC[C@H]1C(C)C. The molecule has 4 nitrogen and oxygen atoms in total. The lowest BCUT2D eigenvalue weighted by atomic mass is 9.75. The molecule has 2 aliphatic rings. The van der Waals surface area contributed by atoms with E-state index in [0.717, 1.165) is 12.8 Å². The van der Waals surface area contributed by atoms with E-state index in [0.29, 0.717) is 29.9 Å². The lowest BCUT2D eigenvalue weighted by Gasteiger charge is -2.38. The van der Waals surface area contributed by atoms with Crippen molar-refractivity contribution in [2.45, 2.75) is 59.5 Å². The van der Waals surface area contributed by atoms with E-state index >= 15 is 0 Å².